The number of halogens is 3. The van der Waals surface area contributed by atoms with Gasteiger partial charge in [0, 0.05) is 6.04 Å². The lowest BCUT2D eigenvalue weighted by atomic mass is 9.95. The quantitative estimate of drug-likeness (QED) is 0.924. The van der Waals surface area contributed by atoms with E-state index in [0.29, 0.717) is 0 Å². The Morgan fingerprint density at radius 1 is 1.19 bits per heavy atom. The second-order valence-electron chi connectivity index (χ2n) is 5.19. The van der Waals surface area contributed by atoms with Crippen LogP contribution in [0.3, 0.4) is 0 Å². The molecule has 0 heterocycles. The van der Waals surface area contributed by atoms with Crippen LogP contribution in [0.15, 0.2) is 24.3 Å². The first-order valence-electron chi connectivity index (χ1n) is 7.05. The van der Waals surface area contributed by atoms with Crippen molar-refractivity contribution in [1.82, 2.24) is 5.32 Å². The van der Waals surface area contributed by atoms with Crippen LogP contribution in [0.1, 0.15) is 37.7 Å². The zero-order chi connectivity index (χ0) is 15.3. The summed E-state index contributed by atoms with van der Waals surface area (Å²) in [4.78, 5) is 11.7. The first-order valence-corrected chi connectivity index (χ1v) is 7.05. The summed E-state index contributed by atoms with van der Waals surface area (Å²) in [6.07, 6.45) is 0.666. The minimum absolute atomic E-state index is 0.118. The van der Waals surface area contributed by atoms with E-state index in [9.17, 15) is 18.0 Å². The van der Waals surface area contributed by atoms with Crippen molar-refractivity contribution in [2.75, 3.05) is 6.61 Å². The Kier molecular flexibility index (Phi) is 5.09. The number of carbonyl (C=O) groups excluding carboxylic acids is 1. The van der Waals surface area contributed by atoms with Gasteiger partial charge in [-0.3, -0.25) is 4.79 Å². The number of rotatable bonds is 4. The third-order valence-corrected chi connectivity index (χ3v) is 3.52. The van der Waals surface area contributed by atoms with E-state index in [0.717, 1.165) is 31.7 Å². The fraction of sp³-hybridized carbons (Fsp3) is 0.533. The summed E-state index contributed by atoms with van der Waals surface area (Å²) >= 11 is 0. The second-order valence-corrected chi connectivity index (χ2v) is 5.19. The number of hydrogen-bond donors (Lipinski definition) is 1. The molecule has 1 amide bonds. The van der Waals surface area contributed by atoms with Gasteiger partial charge in [-0.1, -0.05) is 31.4 Å². The lowest BCUT2D eigenvalue weighted by Gasteiger charge is -2.23. The van der Waals surface area contributed by atoms with E-state index in [1.165, 1.54) is 24.6 Å². The summed E-state index contributed by atoms with van der Waals surface area (Å²) < 4.78 is 43.3. The van der Waals surface area contributed by atoms with E-state index in [2.05, 4.69) is 5.32 Å². The molecular formula is C15H18F3NO2. The molecule has 3 nitrogen and oxygen atoms in total. The molecule has 0 unspecified atom stereocenters. The van der Waals surface area contributed by atoms with Crippen LogP contribution in [-0.4, -0.2) is 18.6 Å². The molecule has 0 aliphatic heterocycles. The fourth-order valence-corrected chi connectivity index (χ4v) is 2.49. The molecule has 1 aromatic carbocycles. The Bertz CT molecular complexity index is 482. The highest BCUT2D eigenvalue weighted by molar-refractivity contribution is 5.77. The van der Waals surface area contributed by atoms with Gasteiger partial charge in [-0.15, -0.1) is 0 Å². The van der Waals surface area contributed by atoms with E-state index in [1.54, 1.807) is 0 Å². The van der Waals surface area contributed by atoms with Gasteiger partial charge in [0.2, 0.25) is 0 Å². The second kappa shape index (κ2) is 6.83. The van der Waals surface area contributed by atoms with Gasteiger partial charge in [0.05, 0.1) is 5.56 Å². The molecule has 1 aliphatic rings. The molecule has 1 aromatic rings. The van der Waals surface area contributed by atoms with Gasteiger partial charge in [-0.05, 0) is 25.0 Å². The maximum Gasteiger partial charge on any atom is 0.419 e. The van der Waals surface area contributed by atoms with Crippen LogP contribution in [0.5, 0.6) is 5.75 Å². The third-order valence-electron chi connectivity index (χ3n) is 3.52. The summed E-state index contributed by atoms with van der Waals surface area (Å²) in [5, 5.41) is 2.80. The van der Waals surface area contributed by atoms with E-state index in [4.69, 9.17) is 4.74 Å². The Morgan fingerprint density at radius 2 is 1.86 bits per heavy atom. The molecule has 0 bridgehead atoms. The maximum atomic E-state index is 12.8. The monoisotopic (exact) mass is 301 g/mol. The third kappa shape index (κ3) is 4.65. The van der Waals surface area contributed by atoms with Gasteiger partial charge < -0.3 is 10.1 Å². The van der Waals surface area contributed by atoms with Crippen LogP contribution in [-0.2, 0) is 11.0 Å². The summed E-state index contributed by atoms with van der Waals surface area (Å²) in [6, 6.07) is 5.01. The standard InChI is InChI=1S/C15H18F3NO2/c16-15(17,18)12-8-4-5-9-13(12)21-10-14(20)19-11-6-2-1-3-7-11/h4-5,8-9,11H,1-3,6-7,10H2,(H,19,20). The summed E-state index contributed by atoms with van der Waals surface area (Å²) in [7, 11) is 0. The minimum atomic E-state index is -4.49. The number of nitrogens with one attached hydrogen (secondary N) is 1. The molecule has 0 radical (unpaired) electrons. The minimum Gasteiger partial charge on any atom is -0.483 e. The Morgan fingerprint density at radius 3 is 2.52 bits per heavy atom. The van der Waals surface area contributed by atoms with Crippen molar-refractivity contribution in [1.29, 1.82) is 0 Å². The smallest absolute Gasteiger partial charge is 0.419 e. The van der Waals surface area contributed by atoms with Crippen LogP contribution < -0.4 is 10.1 Å². The topological polar surface area (TPSA) is 38.3 Å². The van der Waals surface area contributed by atoms with Crippen LogP contribution in [0.2, 0.25) is 0 Å². The molecule has 1 fully saturated rings. The van der Waals surface area contributed by atoms with Crippen molar-refractivity contribution in [2.24, 2.45) is 0 Å². The average Bonchev–Trinajstić information content (AvgIpc) is 2.45. The SMILES string of the molecule is O=C(COc1ccccc1C(F)(F)F)NC1CCCCC1. The maximum absolute atomic E-state index is 12.8. The lowest BCUT2D eigenvalue weighted by Crippen LogP contribution is -2.39. The molecule has 0 saturated heterocycles. The number of hydrogen-bond acceptors (Lipinski definition) is 2. The van der Waals surface area contributed by atoms with Gasteiger partial charge in [0.1, 0.15) is 5.75 Å². The van der Waals surface area contributed by atoms with Crippen molar-refractivity contribution in [3.8, 4) is 5.75 Å². The predicted molar refractivity (Wildman–Crippen MR) is 72.0 cm³/mol. The highest BCUT2D eigenvalue weighted by atomic mass is 19.4. The number of alkyl halides is 3. The van der Waals surface area contributed by atoms with Gasteiger partial charge >= 0.3 is 6.18 Å². The molecule has 6 heteroatoms. The first-order chi connectivity index (χ1) is 9.97. The molecule has 0 aromatic heterocycles. The number of ether oxygens (including phenoxy) is 1. The van der Waals surface area contributed by atoms with Gasteiger partial charge in [-0.25, -0.2) is 0 Å². The van der Waals surface area contributed by atoms with Crippen LogP contribution in [0.25, 0.3) is 0 Å². The number of benzene rings is 1. The molecule has 116 valence electrons. The van der Waals surface area contributed by atoms with Crippen molar-refractivity contribution in [3.05, 3.63) is 29.8 Å². The average molecular weight is 301 g/mol. The first kappa shape index (κ1) is 15.7. The van der Waals surface area contributed by atoms with E-state index >= 15 is 0 Å². The Balaban J connectivity index is 1.89. The molecule has 0 atom stereocenters. The van der Waals surface area contributed by atoms with Gasteiger partial charge in [-0.2, -0.15) is 13.2 Å². The van der Waals surface area contributed by atoms with Crippen molar-refractivity contribution in [3.63, 3.8) is 0 Å². The van der Waals surface area contributed by atoms with E-state index in [1.807, 2.05) is 0 Å². The van der Waals surface area contributed by atoms with Crippen LogP contribution in [0, 0.1) is 0 Å². The molecule has 1 N–H and O–H groups in total. The molecule has 1 aliphatic carbocycles. The Hall–Kier alpha value is -1.72. The molecule has 1 saturated carbocycles. The summed E-state index contributed by atoms with van der Waals surface area (Å²) in [6.45, 7) is -0.399. The normalized spacial score (nSPS) is 16.5. The zero-order valence-corrected chi connectivity index (χ0v) is 11.6. The highest BCUT2D eigenvalue weighted by Crippen LogP contribution is 2.35. The lowest BCUT2D eigenvalue weighted by molar-refractivity contribution is -0.139. The van der Waals surface area contributed by atoms with E-state index < -0.39 is 18.3 Å². The zero-order valence-electron chi connectivity index (χ0n) is 11.6. The fourth-order valence-electron chi connectivity index (χ4n) is 2.49. The van der Waals surface area contributed by atoms with Crippen molar-refractivity contribution >= 4 is 5.91 Å². The summed E-state index contributed by atoms with van der Waals surface area (Å²) in [5.74, 6) is -0.692. The molecule has 2 rings (SSSR count). The molecule has 21 heavy (non-hydrogen) atoms. The van der Waals surface area contributed by atoms with Crippen molar-refractivity contribution in [2.45, 2.75) is 44.3 Å². The van der Waals surface area contributed by atoms with E-state index in [-0.39, 0.29) is 17.7 Å². The van der Waals surface area contributed by atoms with Gasteiger partial charge in [0.15, 0.2) is 6.61 Å². The summed E-state index contributed by atoms with van der Waals surface area (Å²) in [5.41, 5.74) is -0.865. The molecule has 0 spiro atoms. The van der Waals surface area contributed by atoms with Crippen LogP contribution >= 0.6 is 0 Å². The van der Waals surface area contributed by atoms with Gasteiger partial charge in [0.25, 0.3) is 5.91 Å². The number of para-hydroxylation sites is 1. The Labute approximate surface area is 121 Å². The largest absolute Gasteiger partial charge is 0.483 e. The highest BCUT2D eigenvalue weighted by Gasteiger charge is 2.34. The number of carbonyl (C=O) groups is 1. The van der Waals surface area contributed by atoms with Crippen LogP contribution in [0.4, 0.5) is 13.2 Å². The van der Waals surface area contributed by atoms with Crippen molar-refractivity contribution < 1.29 is 22.7 Å². The number of amides is 1. The molecular weight excluding hydrogens is 283 g/mol. The predicted octanol–water partition coefficient (Wildman–Crippen LogP) is 3.53.